The summed E-state index contributed by atoms with van der Waals surface area (Å²) >= 11 is 1.31. The van der Waals surface area contributed by atoms with Crippen LogP contribution in [0.15, 0.2) is 0 Å². The van der Waals surface area contributed by atoms with E-state index < -0.39 is 0 Å². The molecule has 1 fully saturated rings. The first-order valence-electron chi connectivity index (χ1n) is 7.00. The monoisotopic (exact) mass is 282 g/mol. The third-order valence-electron chi connectivity index (χ3n) is 3.88. The number of carbonyl (C=O) groups is 1. The average Bonchev–Trinajstić information content (AvgIpc) is 2.80. The molecule has 1 aliphatic rings. The molecule has 2 unspecified atom stereocenters. The summed E-state index contributed by atoms with van der Waals surface area (Å²) in [5.74, 6) is 0.481. The molecule has 1 aliphatic carbocycles. The Bertz CT molecular complexity index is 445. The molecule has 0 bridgehead atoms. The van der Waals surface area contributed by atoms with Crippen LogP contribution in [0.3, 0.4) is 0 Å². The predicted octanol–water partition coefficient (Wildman–Crippen LogP) is 3.62. The van der Waals surface area contributed by atoms with Crippen molar-refractivity contribution in [3.63, 3.8) is 0 Å². The third kappa shape index (κ3) is 3.26. The average molecular weight is 282 g/mol. The van der Waals surface area contributed by atoms with E-state index in [1.54, 1.807) is 7.05 Å². The van der Waals surface area contributed by atoms with Gasteiger partial charge in [0.1, 0.15) is 16.7 Å². The van der Waals surface area contributed by atoms with Crippen LogP contribution in [0, 0.1) is 12.8 Å². The van der Waals surface area contributed by atoms with Gasteiger partial charge in [0.05, 0.1) is 5.69 Å². The Morgan fingerprint density at radius 1 is 1.53 bits per heavy atom. The molecule has 106 valence electrons. The van der Waals surface area contributed by atoms with Gasteiger partial charge in [0.15, 0.2) is 0 Å². The van der Waals surface area contributed by atoms with Gasteiger partial charge in [0.25, 0.3) is 0 Å². The van der Waals surface area contributed by atoms with E-state index in [9.17, 15) is 4.79 Å². The van der Waals surface area contributed by atoms with Crippen LogP contribution in [-0.4, -0.2) is 23.5 Å². The summed E-state index contributed by atoms with van der Waals surface area (Å²) in [7, 11) is 1.80. The summed E-state index contributed by atoms with van der Waals surface area (Å²) in [6.07, 6.45) is 5.69. The van der Waals surface area contributed by atoms with Crippen LogP contribution in [-0.2, 0) is 4.74 Å². The van der Waals surface area contributed by atoms with Crippen LogP contribution < -0.4 is 5.32 Å². The molecule has 0 aliphatic heterocycles. The molecule has 0 amide bonds. The van der Waals surface area contributed by atoms with Crippen LogP contribution in [0.25, 0.3) is 0 Å². The van der Waals surface area contributed by atoms with E-state index in [0.29, 0.717) is 11.5 Å². The van der Waals surface area contributed by atoms with E-state index in [4.69, 9.17) is 4.74 Å². The van der Waals surface area contributed by atoms with Gasteiger partial charge in [-0.15, -0.1) is 0 Å². The molecule has 1 aromatic rings. The highest BCUT2D eigenvalue weighted by Gasteiger charge is 2.26. The molecule has 1 aromatic heterocycles. The molecule has 1 heterocycles. The van der Waals surface area contributed by atoms with E-state index in [0.717, 1.165) is 30.0 Å². The minimum Gasteiger partial charge on any atom is -0.459 e. The minimum atomic E-state index is -0.225. The van der Waals surface area contributed by atoms with Gasteiger partial charge in [0, 0.05) is 7.05 Å². The highest BCUT2D eigenvalue weighted by molar-refractivity contribution is 7.10. The molecule has 0 radical (unpaired) electrons. The normalized spacial score (nSPS) is 23.1. The quantitative estimate of drug-likeness (QED) is 0.857. The summed E-state index contributed by atoms with van der Waals surface area (Å²) in [5, 5.41) is 3.81. The van der Waals surface area contributed by atoms with Gasteiger partial charge in [-0.05, 0) is 43.6 Å². The van der Waals surface area contributed by atoms with Crippen LogP contribution in [0.4, 0.5) is 5.00 Å². The van der Waals surface area contributed by atoms with Gasteiger partial charge >= 0.3 is 5.97 Å². The molecule has 2 rings (SSSR count). The van der Waals surface area contributed by atoms with Gasteiger partial charge in [-0.25, -0.2) is 4.79 Å². The van der Waals surface area contributed by atoms with E-state index >= 15 is 0 Å². The Morgan fingerprint density at radius 3 is 3.00 bits per heavy atom. The Kier molecular flexibility index (Phi) is 4.80. The fourth-order valence-electron chi connectivity index (χ4n) is 2.71. The lowest BCUT2D eigenvalue weighted by Gasteiger charge is -2.28. The summed E-state index contributed by atoms with van der Waals surface area (Å²) in [6, 6.07) is 0. The first-order chi connectivity index (χ1) is 9.15. The maximum Gasteiger partial charge on any atom is 0.343 e. The molecular weight excluding hydrogens is 260 g/mol. The standard InChI is InChI=1S/C14H22N2O2S/c1-4-10-6-5-7-11(8-10)18-14(17)12-9(2)16-19-13(12)15-3/h10-11,15H,4-8H2,1-3H3. The number of nitrogens with zero attached hydrogens (tertiary/aromatic N) is 1. The van der Waals surface area contributed by atoms with E-state index in [-0.39, 0.29) is 12.1 Å². The van der Waals surface area contributed by atoms with Crippen molar-refractivity contribution >= 4 is 22.5 Å². The molecule has 4 nitrogen and oxygen atoms in total. The predicted molar refractivity (Wildman–Crippen MR) is 77.9 cm³/mol. The van der Waals surface area contributed by atoms with Crippen molar-refractivity contribution in [3.8, 4) is 0 Å². The number of carbonyl (C=O) groups excluding carboxylic acids is 1. The number of esters is 1. The van der Waals surface area contributed by atoms with Crippen molar-refractivity contribution in [2.45, 2.75) is 52.1 Å². The van der Waals surface area contributed by atoms with E-state index in [1.165, 1.54) is 24.4 Å². The summed E-state index contributed by atoms with van der Waals surface area (Å²) < 4.78 is 9.89. The molecule has 2 atom stereocenters. The number of anilines is 1. The number of hydrogen-bond acceptors (Lipinski definition) is 5. The van der Waals surface area contributed by atoms with Gasteiger partial charge in [-0.3, -0.25) is 0 Å². The van der Waals surface area contributed by atoms with Crippen molar-refractivity contribution in [1.82, 2.24) is 4.37 Å². The highest BCUT2D eigenvalue weighted by Crippen LogP contribution is 2.31. The van der Waals surface area contributed by atoms with Crippen molar-refractivity contribution < 1.29 is 9.53 Å². The minimum absolute atomic E-state index is 0.0789. The Balaban J connectivity index is 2.02. The first-order valence-corrected chi connectivity index (χ1v) is 7.78. The molecule has 1 saturated carbocycles. The third-order valence-corrected chi connectivity index (χ3v) is 4.84. The molecule has 19 heavy (non-hydrogen) atoms. The van der Waals surface area contributed by atoms with Crippen LogP contribution in [0.2, 0.25) is 0 Å². The van der Waals surface area contributed by atoms with E-state index in [2.05, 4.69) is 16.6 Å². The lowest BCUT2D eigenvalue weighted by molar-refractivity contribution is 0.0140. The van der Waals surface area contributed by atoms with Gasteiger partial charge in [0.2, 0.25) is 0 Å². The van der Waals surface area contributed by atoms with E-state index in [1.807, 2.05) is 6.92 Å². The maximum absolute atomic E-state index is 12.3. The van der Waals surface area contributed by atoms with Crippen molar-refractivity contribution in [1.29, 1.82) is 0 Å². The smallest absolute Gasteiger partial charge is 0.343 e. The Hall–Kier alpha value is -1.10. The van der Waals surface area contributed by atoms with Gasteiger partial charge in [-0.1, -0.05) is 19.8 Å². The highest BCUT2D eigenvalue weighted by atomic mass is 32.1. The lowest BCUT2D eigenvalue weighted by Crippen LogP contribution is -2.25. The number of rotatable bonds is 4. The number of aryl methyl sites for hydroxylation is 1. The zero-order chi connectivity index (χ0) is 13.8. The molecule has 5 heteroatoms. The Labute approximate surface area is 118 Å². The number of nitrogens with one attached hydrogen (secondary N) is 1. The fraction of sp³-hybridized carbons (Fsp3) is 0.714. The zero-order valence-electron chi connectivity index (χ0n) is 11.9. The molecule has 0 saturated heterocycles. The second kappa shape index (κ2) is 6.37. The topological polar surface area (TPSA) is 51.2 Å². The largest absolute Gasteiger partial charge is 0.459 e. The van der Waals surface area contributed by atoms with Gasteiger partial charge in [-0.2, -0.15) is 4.37 Å². The van der Waals surface area contributed by atoms with Crippen LogP contribution >= 0.6 is 11.5 Å². The summed E-state index contributed by atoms with van der Waals surface area (Å²) in [5.41, 5.74) is 1.35. The second-order valence-electron chi connectivity index (χ2n) is 5.19. The molecule has 0 spiro atoms. The second-order valence-corrected chi connectivity index (χ2v) is 5.96. The summed E-state index contributed by atoms with van der Waals surface area (Å²) in [4.78, 5) is 12.3. The van der Waals surface area contributed by atoms with Crippen molar-refractivity contribution in [2.24, 2.45) is 5.92 Å². The first kappa shape index (κ1) is 14.3. The zero-order valence-corrected chi connectivity index (χ0v) is 12.7. The van der Waals surface area contributed by atoms with Crippen molar-refractivity contribution in [2.75, 3.05) is 12.4 Å². The maximum atomic E-state index is 12.3. The molecule has 0 aromatic carbocycles. The summed E-state index contributed by atoms with van der Waals surface area (Å²) in [6.45, 7) is 4.06. The SMILES string of the molecule is CCC1CCCC(OC(=O)c2c(C)nsc2NC)C1. The molecular formula is C14H22N2O2S. The molecule has 1 N–H and O–H groups in total. The Morgan fingerprint density at radius 2 is 2.32 bits per heavy atom. The fourth-order valence-corrected chi connectivity index (χ4v) is 3.44. The van der Waals surface area contributed by atoms with Gasteiger partial charge < -0.3 is 10.1 Å². The van der Waals surface area contributed by atoms with Crippen molar-refractivity contribution in [3.05, 3.63) is 11.3 Å². The number of aromatic nitrogens is 1. The number of hydrogen-bond donors (Lipinski definition) is 1. The lowest BCUT2D eigenvalue weighted by atomic mass is 9.85. The van der Waals surface area contributed by atoms with Crippen LogP contribution in [0.1, 0.15) is 55.1 Å². The number of ether oxygens (including phenoxy) is 1. The van der Waals surface area contributed by atoms with Crippen LogP contribution in [0.5, 0.6) is 0 Å².